The molecule has 62 valence electrons. The Morgan fingerprint density at radius 3 is 2.92 bits per heavy atom. The number of hydrogen-bond acceptors (Lipinski definition) is 3. The molecule has 13 heavy (non-hydrogen) atoms. The number of fused-ring (bicyclic) bond motifs is 1. The number of nitrogens with zero attached hydrogens (tertiary/aromatic N) is 3. The lowest BCUT2D eigenvalue weighted by molar-refractivity contribution is 1.15. The van der Waals surface area contributed by atoms with E-state index in [1.54, 1.807) is 6.07 Å². The van der Waals surface area contributed by atoms with Crippen molar-refractivity contribution in [3.05, 3.63) is 35.8 Å². The van der Waals surface area contributed by atoms with E-state index in [-0.39, 0.29) is 0 Å². The molecule has 1 aromatic carbocycles. The average molecular weight is 169 g/mol. The van der Waals surface area contributed by atoms with Gasteiger partial charge in [0.05, 0.1) is 17.1 Å². The van der Waals surface area contributed by atoms with Crippen LogP contribution in [0.1, 0.15) is 11.3 Å². The minimum atomic E-state index is 0.644. The smallest absolute Gasteiger partial charge is 0.116 e. The van der Waals surface area contributed by atoms with Gasteiger partial charge in [-0.1, -0.05) is 0 Å². The summed E-state index contributed by atoms with van der Waals surface area (Å²) in [5.74, 6) is 0. The monoisotopic (exact) mass is 169 g/mol. The zero-order valence-corrected chi connectivity index (χ0v) is 7.15. The Kier molecular flexibility index (Phi) is 1.67. The average Bonchev–Trinajstić information content (AvgIpc) is 2.18. The topological polar surface area (TPSA) is 49.6 Å². The maximum Gasteiger partial charge on any atom is 0.116 e. The van der Waals surface area contributed by atoms with Gasteiger partial charge in [-0.05, 0) is 25.1 Å². The van der Waals surface area contributed by atoms with Crippen LogP contribution in [0.4, 0.5) is 0 Å². The molecule has 1 heterocycles. The van der Waals surface area contributed by atoms with E-state index in [1.807, 2.05) is 19.1 Å². The number of nitriles is 1. The van der Waals surface area contributed by atoms with Crippen molar-refractivity contribution in [2.45, 2.75) is 6.92 Å². The van der Waals surface area contributed by atoms with Gasteiger partial charge in [-0.3, -0.25) is 0 Å². The number of aromatic nitrogens is 2. The standard InChI is InChI=1S/C10H7N3/c1-7-9-4-8(5-11)2-3-10(9)13-6-12-7/h2-4,6H,1H3. The summed E-state index contributed by atoms with van der Waals surface area (Å²) in [6.07, 6.45) is 1.53. The van der Waals surface area contributed by atoms with E-state index in [1.165, 1.54) is 6.33 Å². The summed E-state index contributed by atoms with van der Waals surface area (Å²) in [6.45, 7) is 1.91. The molecule has 0 atom stereocenters. The summed E-state index contributed by atoms with van der Waals surface area (Å²) >= 11 is 0. The number of hydrogen-bond donors (Lipinski definition) is 0. The zero-order chi connectivity index (χ0) is 9.26. The lowest BCUT2D eigenvalue weighted by atomic mass is 10.1. The van der Waals surface area contributed by atoms with Crippen molar-refractivity contribution >= 4 is 10.9 Å². The van der Waals surface area contributed by atoms with E-state index in [0.717, 1.165) is 16.6 Å². The third kappa shape index (κ3) is 1.23. The quantitative estimate of drug-likeness (QED) is 0.604. The fourth-order valence-corrected chi connectivity index (χ4v) is 1.26. The van der Waals surface area contributed by atoms with Gasteiger partial charge in [0.25, 0.3) is 0 Å². The molecule has 0 aliphatic rings. The summed E-state index contributed by atoms with van der Waals surface area (Å²) in [5.41, 5.74) is 2.43. The molecule has 3 heteroatoms. The molecule has 0 spiro atoms. The molecule has 0 fully saturated rings. The van der Waals surface area contributed by atoms with Gasteiger partial charge in [0.1, 0.15) is 6.33 Å². The summed E-state index contributed by atoms with van der Waals surface area (Å²) in [6, 6.07) is 7.50. The van der Waals surface area contributed by atoms with Crippen LogP contribution in [0.2, 0.25) is 0 Å². The van der Waals surface area contributed by atoms with Gasteiger partial charge in [0.2, 0.25) is 0 Å². The van der Waals surface area contributed by atoms with Crippen molar-refractivity contribution < 1.29 is 0 Å². The highest BCUT2D eigenvalue weighted by Gasteiger charge is 1.99. The van der Waals surface area contributed by atoms with Crippen molar-refractivity contribution in [2.75, 3.05) is 0 Å². The number of aryl methyl sites for hydroxylation is 1. The van der Waals surface area contributed by atoms with Crippen LogP contribution in [-0.2, 0) is 0 Å². The second kappa shape index (κ2) is 2.83. The second-order valence-electron chi connectivity index (χ2n) is 2.80. The lowest BCUT2D eigenvalue weighted by Gasteiger charge is -1.99. The Balaban J connectivity index is 2.84. The van der Waals surface area contributed by atoms with Gasteiger partial charge in [-0.15, -0.1) is 0 Å². The van der Waals surface area contributed by atoms with Crippen molar-refractivity contribution in [3.63, 3.8) is 0 Å². The molecule has 0 unspecified atom stereocenters. The first-order valence-electron chi connectivity index (χ1n) is 3.93. The summed E-state index contributed by atoms with van der Waals surface area (Å²) in [7, 11) is 0. The normalized spacial score (nSPS) is 9.85. The highest BCUT2D eigenvalue weighted by molar-refractivity contribution is 5.81. The van der Waals surface area contributed by atoms with E-state index >= 15 is 0 Å². The predicted octanol–water partition coefficient (Wildman–Crippen LogP) is 1.81. The van der Waals surface area contributed by atoms with E-state index in [9.17, 15) is 0 Å². The molecule has 3 nitrogen and oxygen atoms in total. The maximum absolute atomic E-state index is 8.70. The van der Waals surface area contributed by atoms with E-state index in [0.29, 0.717) is 5.56 Å². The minimum Gasteiger partial charge on any atom is -0.241 e. The molecule has 0 aliphatic heterocycles. The molecule has 0 saturated carbocycles. The van der Waals surface area contributed by atoms with E-state index in [4.69, 9.17) is 5.26 Å². The maximum atomic E-state index is 8.70. The Morgan fingerprint density at radius 2 is 2.15 bits per heavy atom. The Hall–Kier alpha value is -1.95. The number of benzene rings is 1. The van der Waals surface area contributed by atoms with Crippen molar-refractivity contribution in [2.24, 2.45) is 0 Å². The molecule has 0 bridgehead atoms. The van der Waals surface area contributed by atoms with Crippen LogP contribution in [0.3, 0.4) is 0 Å². The van der Waals surface area contributed by atoms with Crippen LogP contribution >= 0.6 is 0 Å². The largest absolute Gasteiger partial charge is 0.241 e. The van der Waals surface area contributed by atoms with E-state index < -0.39 is 0 Å². The molecule has 2 rings (SSSR count). The third-order valence-corrected chi connectivity index (χ3v) is 1.96. The summed E-state index contributed by atoms with van der Waals surface area (Å²) < 4.78 is 0. The van der Waals surface area contributed by atoms with Crippen LogP contribution < -0.4 is 0 Å². The van der Waals surface area contributed by atoms with Crippen molar-refractivity contribution in [1.29, 1.82) is 5.26 Å². The van der Waals surface area contributed by atoms with Gasteiger partial charge < -0.3 is 0 Å². The molecule has 0 aliphatic carbocycles. The first-order valence-corrected chi connectivity index (χ1v) is 3.93. The lowest BCUT2D eigenvalue weighted by Crippen LogP contribution is -1.87. The van der Waals surface area contributed by atoms with Crippen molar-refractivity contribution in [1.82, 2.24) is 9.97 Å². The van der Waals surface area contributed by atoms with E-state index in [2.05, 4.69) is 16.0 Å². The van der Waals surface area contributed by atoms with Crippen molar-refractivity contribution in [3.8, 4) is 6.07 Å². The second-order valence-corrected chi connectivity index (χ2v) is 2.80. The van der Waals surface area contributed by atoms with Crippen LogP contribution in [0.15, 0.2) is 24.5 Å². The molecule has 1 aromatic heterocycles. The van der Waals surface area contributed by atoms with Gasteiger partial charge in [-0.2, -0.15) is 5.26 Å². The van der Waals surface area contributed by atoms with Crippen LogP contribution in [0.5, 0.6) is 0 Å². The van der Waals surface area contributed by atoms with Gasteiger partial charge in [0, 0.05) is 11.1 Å². The highest BCUT2D eigenvalue weighted by Crippen LogP contribution is 2.15. The van der Waals surface area contributed by atoms with Crippen LogP contribution in [0, 0.1) is 18.3 Å². The Labute approximate surface area is 75.7 Å². The third-order valence-electron chi connectivity index (χ3n) is 1.96. The molecule has 0 saturated heterocycles. The molecule has 2 aromatic rings. The molecular formula is C10H7N3. The first-order chi connectivity index (χ1) is 6.31. The summed E-state index contributed by atoms with van der Waals surface area (Å²) in [4.78, 5) is 8.16. The van der Waals surface area contributed by atoms with Crippen LogP contribution in [-0.4, -0.2) is 9.97 Å². The SMILES string of the molecule is Cc1ncnc2ccc(C#N)cc12. The highest BCUT2D eigenvalue weighted by atomic mass is 14.8. The fraction of sp³-hybridized carbons (Fsp3) is 0.100. The summed E-state index contributed by atoms with van der Waals surface area (Å²) in [5, 5.41) is 9.64. The zero-order valence-electron chi connectivity index (χ0n) is 7.15. The van der Waals surface area contributed by atoms with Crippen LogP contribution in [0.25, 0.3) is 10.9 Å². The predicted molar refractivity (Wildman–Crippen MR) is 49.0 cm³/mol. The number of rotatable bonds is 0. The molecule has 0 radical (unpaired) electrons. The van der Waals surface area contributed by atoms with Gasteiger partial charge >= 0.3 is 0 Å². The van der Waals surface area contributed by atoms with Gasteiger partial charge in [0.15, 0.2) is 0 Å². The molecule has 0 N–H and O–H groups in total. The minimum absolute atomic E-state index is 0.644. The Bertz CT molecular complexity index is 497. The fourth-order valence-electron chi connectivity index (χ4n) is 1.26. The Morgan fingerprint density at radius 1 is 1.31 bits per heavy atom. The van der Waals surface area contributed by atoms with Gasteiger partial charge in [-0.25, -0.2) is 9.97 Å². The molecular weight excluding hydrogens is 162 g/mol. The first kappa shape index (κ1) is 7.69. The molecule has 0 amide bonds.